The summed E-state index contributed by atoms with van der Waals surface area (Å²) in [4.78, 5) is 0. The fraction of sp³-hybridized carbons (Fsp3) is 0.677. The molecule has 1 aromatic carbocycles. The van der Waals surface area contributed by atoms with Crippen molar-refractivity contribution in [1.82, 2.24) is 0 Å². The first-order valence-electron chi connectivity index (χ1n) is 13.9. The summed E-state index contributed by atoms with van der Waals surface area (Å²) in [6, 6.07) is 8.70. The Morgan fingerprint density at radius 2 is 1.66 bits per heavy atom. The molecule has 2 rings (SSSR count). The van der Waals surface area contributed by atoms with E-state index >= 15 is 0 Å². The van der Waals surface area contributed by atoms with Gasteiger partial charge in [0.1, 0.15) is 11.5 Å². The molecule has 0 spiro atoms. The molecule has 0 saturated heterocycles. The Bertz CT molecular complexity index is 703. The van der Waals surface area contributed by atoms with Crippen LogP contribution in [0.2, 0.25) is 0 Å². The summed E-state index contributed by atoms with van der Waals surface area (Å²) in [6.45, 7) is 11.8. The molecule has 0 aromatic heterocycles. The zero-order valence-electron chi connectivity index (χ0n) is 22.4. The van der Waals surface area contributed by atoms with Gasteiger partial charge in [0.2, 0.25) is 0 Å². The molecule has 1 aliphatic rings. The molecule has 4 nitrogen and oxygen atoms in total. The zero-order chi connectivity index (χ0) is 25.3. The monoisotopic (exact) mass is 486 g/mol. The van der Waals surface area contributed by atoms with Gasteiger partial charge in [-0.05, 0) is 68.1 Å². The van der Waals surface area contributed by atoms with Crippen LogP contribution in [0, 0.1) is 17.8 Å². The summed E-state index contributed by atoms with van der Waals surface area (Å²) in [5.74, 6) is 3.50. The molecule has 1 N–H and O–H groups in total. The van der Waals surface area contributed by atoms with Gasteiger partial charge >= 0.3 is 0 Å². The van der Waals surface area contributed by atoms with E-state index in [-0.39, 0.29) is 6.61 Å². The van der Waals surface area contributed by atoms with Crippen LogP contribution in [0.25, 0.3) is 0 Å². The van der Waals surface area contributed by atoms with Gasteiger partial charge in [-0.15, -0.1) is 0 Å². The number of hydrogen-bond acceptors (Lipinski definition) is 4. The van der Waals surface area contributed by atoms with Crippen molar-refractivity contribution in [2.75, 3.05) is 33.5 Å². The van der Waals surface area contributed by atoms with Crippen LogP contribution in [0.4, 0.5) is 0 Å². The molecule has 1 aliphatic carbocycles. The van der Waals surface area contributed by atoms with E-state index in [1.54, 1.807) is 7.11 Å². The van der Waals surface area contributed by atoms with Crippen LogP contribution in [0.3, 0.4) is 0 Å². The number of rotatable bonds is 19. The van der Waals surface area contributed by atoms with Crippen LogP contribution in [0.5, 0.6) is 5.75 Å². The molecule has 1 fully saturated rings. The van der Waals surface area contributed by atoms with Gasteiger partial charge < -0.3 is 19.3 Å². The number of aliphatic hydroxyl groups is 1. The lowest BCUT2D eigenvalue weighted by molar-refractivity contribution is 0.0818. The van der Waals surface area contributed by atoms with Crippen LogP contribution in [0.15, 0.2) is 48.8 Å². The smallest absolute Gasteiger partial charge is 0.119 e. The third kappa shape index (κ3) is 12.1. The van der Waals surface area contributed by atoms with Crippen molar-refractivity contribution >= 4 is 0 Å². The first-order valence-corrected chi connectivity index (χ1v) is 13.9. The first-order chi connectivity index (χ1) is 17.0. The molecular weight excluding hydrogens is 436 g/mol. The average molecular weight is 487 g/mol. The van der Waals surface area contributed by atoms with Gasteiger partial charge in [0.05, 0.1) is 26.4 Å². The maximum Gasteiger partial charge on any atom is 0.119 e. The lowest BCUT2D eigenvalue weighted by atomic mass is 9.77. The molecule has 0 bridgehead atoms. The number of aliphatic hydroxyl groups excluding tert-OH is 1. The van der Waals surface area contributed by atoms with Gasteiger partial charge in [0.25, 0.3) is 0 Å². The zero-order valence-corrected chi connectivity index (χ0v) is 22.4. The molecule has 35 heavy (non-hydrogen) atoms. The minimum absolute atomic E-state index is 0.116. The summed E-state index contributed by atoms with van der Waals surface area (Å²) >= 11 is 0. The lowest BCUT2D eigenvalue weighted by Crippen LogP contribution is -2.20. The van der Waals surface area contributed by atoms with Gasteiger partial charge in [0, 0.05) is 18.6 Å². The van der Waals surface area contributed by atoms with E-state index in [1.807, 2.05) is 0 Å². The van der Waals surface area contributed by atoms with Crippen LogP contribution in [-0.4, -0.2) is 38.6 Å². The molecule has 1 aromatic rings. The Morgan fingerprint density at radius 1 is 0.971 bits per heavy atom. The summed E-state index contributed by atoms with van der Waals surface area (Å²) in [5, 5.41) is 9.16. The maximum atomic E-state index is 9.16. The Hall–Kier alpha value is -1.78. The molecule has 0 aliphatic heterocycles. The number of unbranched alkanes of at least 4 members (excludes halogenated alkanes) is 2. The second-order valence-corrected chi connectivity index (χ2v) is 10.4. The predicted octanol–water partition coefficient (Wildman–Crippen LogP) is 7.51. The van der Waals surface area contributed by atoms with Crippen molar-refractivity contribution in [2.24, 2.45) is 17.8 Å². The van der Waals surface area contributed by atoms with E-state index in [0.29, 0.717) is 30.5 Å². The SMILES string of the molecule is C=C(CO)C(=C)OCC(CCC1CCC(CCCOc2ccc(CCCCC)cc2)CC1)COC. The Morgan fingerprint density at radius 3 is 2.29 bits per heavy atom. The Labute approximate surface area is 214 Å². The summed E-state index contributed by atoms with van der Waals surface area (Å²) in [5.41, 5.74) is 1.96. The van der Waals surface area contributed by atoms with E-state index in [4.69, 9.17) is 19.3 Å². The van der Waals surface area contributed by atoms with Crippen molar-refractivity contribution in [3.63, 3.8) is 0 Å². The highest BCUT2D eigenvalue weighted by atomic mass is 16.5. The van der Waals surface area contributed by atoms with Gasteiger partial charge in [0.15, 0.2) is 0 Å². The second kappa shape index (κ2) is 17.6. The van der Waals surface area contributed by atoms with Gasteiger partial charge in [-0.25, -0.2) is 0 Å². The third-order valence-corrected chi connectivity index (χ3v) is 7.45. The number of ether oxygens (including phenoxy) is 3. The van der Waals surface area contributed by atoms with E-state index in [0.717, 1.165) is 37.0 Å². The summed E-state index contributed by atoms with van der Waals surface area (Å²) in [6.07, 6.45) is 15.1. The number of hydrogen-bond donors (Lipinski definition) is 1. The largest absolute Gasteiger partial charge is 0.494 e. The van der Waals surface area contributed by atoms with Gasteiger partial charge in [-0.1, -0.05) is 70.7 Å². The molecule has 4 heteroatoms. The fourth-order valence-electron chi connectivity index (χ4n) is 5.03. The van der Waals surface area contributed by atoms with E-state index in [9.17, 15) is 0 Å². The van der Waals surface area contributed by atoms with Gasteiger partial charge in [-0.2, -0.15) is 0 Å². The third-order valence-electron chi connectivity index (χ3n) is 7.45. The lowest BCUT2D eigenvalue weighted by Gasteiger charge is -2.29. The highest BCUT2D eigenvalue weighted by molar-refractivity contribution is 5.27. The molecular formula is C31H50O4. The number of methoxy groups -OCH3 is 1. The predicted molar refractivity (Wildman–Crippen MR) is 146 cm³/mol. The topological polar surface area (TPSA) is 47.9 Å². The molecule has 0 amide bonds. The van der Waals surface area contributed by atoms with Gasteiger partial charge in [-0.3, -0.25) is 0 Å². The van der Waals surface area contributed by atoms with Crippen LogP contribution in [0.1, 0.15) is 83.1 Å². The van der Waals surface area contributed by atoms with E-state index in [2.05, 4.69) is 44.3 Å². The number of benzene rings is 1. The molecule has 198 valence electrons. The Kier molecular flexibility index (Phi) is 14.8. The average Bonchev–Trinajstić information content (AvgIpc) is 2.89. The normalized spacial score (nSPS) is 18.7. The minimum atomic E-state index is -0.116. The van der Waals surface area contributed by atoms with Crippen molar-refractivity contribution in [3.8, 4) is 5.75 Å². The summed E-state index contributed by atoms with van der Waals surface area (Å²) < 4.78 is 17.1. The van der Waals surface area contributed by atoms with Crippen molar-refractivity contribution in [3.05, 3.63) is 54.3 Å². The maximum absolute atomic E-state index is 9.16. The Balaban J connectivity index is 1.57. The van der Waals surface area contributed by atoms with E-state index < -0.39 is 0 Å². The summed E-state index contributed by atoms with van der Waals surface area (Å²) in [7, 11) is 1.74. The van der Waals surface area contributed by atoms with Crippen molar-refractivity contribution < 1.29 is 19.3 Å². The second-order valence-electron chi connectivity index (χ2n) is 10.4. The van der Waals surface area contributed by atoms with E-state index in [1.165, 1.54) is 69.8 Å². The first kappa shape index (κ1) is 29.5. The molecule has 1 unspecified atom stereocenters. The van der Waals surface area contributed by atoms with Crippen molar-refractivity contribution in [2.45, 2.75) is 84.0 Å². The molecule has 0 radical (unpaired) electrons. The van der Waals surface area contributed by atoms with Crippen LogP contribution in [-0.2, 0) is 15.9 Å². The molecule has 1 atom stereocenters. The van der Waals surface area contributed by atoms with Crippen molar-refractivity contribution in [1.29, 1.82) is 0 Å². The quantitative estimate of drug-likeness (QED) is 0.125. The molecule has 0 heterocycles. The number of aryl methyl sites for hydroxylation is 1. The fourth-order valence-corrected chi connectivity index (χ4v) is 5.03. The van der Waals surface area contributed by atoms with Crippen LogP contribution < -0.4 is 4.74 Å². The highest BCUT2D eigenvalue weighted by Gasteiger charge is 2.22. The van der Waals surface area contributed by atoms with Crippen LogP contribution >= 0.6 is 0 Å². The molecule has 1 saturated carbocycles. The standard InChI is InChI=1S/C31H50O4/c1-5-6-7-9-27-17-19-31(20-18-27)34-21-8-10-28-11-13-29(14-12-28)15-16-30(23-33-4)24-35-26(3)25(2)22-32/h17-20,28-30,32H,2-3,5-16,21-24H2,1,4H3. The minimum Gasteiger partial charge on any atom is -0.494 e. The highest BCUT2D eigenvalue weighted by Crippen LogP contribution is 2.34.